The Morgan fingerprint density at radius 2 is 1.95 bits per heavy atom. The van der Waals surface area contributed by atoms with Crippen molar-refractivity contribution in [2.24, 2.45) is 5.41 Å². The van der Waals surface area contributed by atoms with E-state index in [0.717, 1.165) is 26.1 Å². The lowest BCUT2D eigenvalue weighted by Crippen LogP contribution is -2.52. The normalized spacial score (nSPS) is 26.5. The van der Waals surface area contributed by atoms with Crippen LogP contribution in [0.15, 0.2) is 0 Å². The molecule has 0 saturated heterocycles. The summed E-state index contributed by atoms with van der Waals surface area (Å²) in [7, 11) is 3.75. The molecule has 4 heteroatoms. The van der Waals surface area contributed by atoms with E-state index < -0.39 is 0 Å². The molecule has 0 aromatic carbocycles. The zero-order chi connectivity index (χ0) is 14.1. The molecule has 0 aromatic rings. The number of rotatable bonds is 9. The fourth-order valence-electron chi connectivity index (χ4n) is 3.01. The molecular formula is C15H31NO3. The third-order valence-electron chi connectivity index (χ3n) is 4.03. The molecule has 0 spiro atoms. The van der Waals surface area contributed by atoms with Crippen molar-refractivity contribution in [1.29, 1.82) is 0 Å². The average molecular weight is 273 g/mol. The predicted octanol–water partition coefficient (Wildman–Crippen LogP) is 2.22. The largest absolute Gasteiger partial charge is 0.385 e. The molecule has 1 saturated carbocycles. The van der Waals surface area contributed by atoms with Crippen LogP contribution >= 0.6 is 0 Å². The van der Waals surface area contributed by atoms with E-state index in [1.165, 1.54) is 12.8 Å². The summed E-state index contributed by atoms with van der Waals surface area (Å²) in [6.07, 6.45) is 4.94. The zero-order valence-corrected chi connectivity index (χ0v) is 13.0. The number of nitrogens with one attached hydrogen (secondary N) is 1. The van der Waals surface area contributed by atoms with Crippen molar-refractivity contribution >= 4 is 0 Å². The van der Waals surface area contributed by atoms with Crippen molar-refractivity contribution in [2.45, 2.75) is 51.7 Å². The van der Waals surface area contributed by atoms with Crippen LogP contribution in [0.3, 0.4) is 0 Å². The van der Waals surface area contributed by atoms with Crippen LogP contribution in [0.2, 0.25) is 0 Å². The molecule has 0 aliphatic heterocycles. The van der Waals surface area contributed by atoms with Crippen LogP contribution in [0.1, 0.15) is 39.5 Å². The minimum Gasteiger partial charge on any atom is -0.385 e. The molecule has 0 bridgehead atoms. The van der Waals surface area contributed by atoms with E-state index in [2.05, 4.69) is 19.2 Å². The van der Waals surface area contributed by atoms with E-state index in [4.69, 9.17) is 14.2 Å². The summed E-state index contributed by atoms with van der Waals surface area (Å²) in [5, 5.41) is 3.43. The number of ether oxygens (including phenoxy) is 3. The van der Waals surface area contributed by atoms with Gasteiger partial charge in [-0.3, -0.25) is 0 Å². The molecule has 2 unspecified atom stereocenters. The zero-order valence-electron chi connectivity index (χ0n) is 13.0. The van der Waals surface area contributed by atoms with Crippen LogP contribution in [-0.2, 0) is 14.2 Å². The summed E-state index contributed by atoms with van der Waals surface area (Å²) in [5.41, 5.74) is 0.316. The molecule has 0 radical (unpaired) electrons. The van der Waals surface area contributed by atoms with Gasteiger partial charge in [-0.25, -0.2) is 0 Å². The first-order valence-electron chi connectivity index (χ1n) is 7.47. The predicted molar refractivity (Wildman–Crippen MR) is 77.5 cm³/mol. The van der Waals surface area contributed by atoms with Gasteiger partial charge in [0, 0.05) is 26.4 Å². The first-order chi connectivity index (χ1) is 9.11. The maximum absolute atomic E-state index is 6.01. The highest BCUT2D eigenvalue weighted by Crippen LogP contribution is 2.36. The maximum Gasteiger partial charge on any atom is 0.0734 e. The van der Waals surface area contributed by atoms with Crippen LogP contribution in [-0.4, -0.2) is 52.7 Å². The van der Waals surface area contributed by atoms with Crippen molar-refractivity contribution in [3.63, 3.8) is 0 Å². The lowest BCUT2D eigenvalue weighted by Gasteiger charge is -2.43. The molecule has 1 rings (SSSR count). The highest BCUT2D eigenvalue weighted by molar-refractivity contribution is 4.93. The number of hydrogen-bond acceptors (Lipinski definition) is 4. The van der Waals surface area contributed by atoms with E-state index in [1.54, 1.807) is 7.11 Å². The SMILES string of the molecule is CNC1C(OCCOCCCOC)CCCC1(C)C. The smallest absolute Gasteiger partial charge is 0.0734 e. The molecule has 4 nitrogen and oxygen atoms in total. The van der Waals surface area contributed by atoms with E-state index in [-0.39, 0.29) is 0 Å². The molecule has 0 amide bonds. The van der Waals surface area contributed by atoms with Crippen LogP contribution in [0, 0.1) is 5.41 Å². The molecule has 1 N–H and O–H groups in total. The van der Waals surface area contributed by atoms with Crippen LogP contribution in [0.5, 0.6) is 0 Å². The minimum atomic E-state index is 0.316. The topological polar surface area (TPSA) is 39.7 Å². The molecule has 1 aliphatic carbocycles. The van der Waals surface area contributed by atoms with Gasteiger partial charge in [-0.05, 0) is 31.7 Å². The Balaban J connectivity index is 2.17. The summed E-state index contributed by atoms with van der Waals surface area (Å²) >= 11 is 0. The molecule has 0 heterocycles. The van der Waals surface area contributed by atoms with Gasteiger partial charge >= 0.3 is 0 Å². The minimum absolute atomic E-state index is 0.316. The highest BCUT2D eigenvalue weighted by atomic mass is 16.5. The van der Waals surface area contributed by atoms with Crippen molar-refractivity contribution in [2.75, 3.05) is 40.6 Å². The van der Waals surface area contributed by atoms with E-state index in [1.807, 2.05) is 7.05 Å². The van der Waals surface area contributed by atoms with Gasteiger partial charge in [0.1, 0.15) is 0 Å². The van der Waals surface area contributed by atoms with Gasteiger partial charge < -0.3 is 19.5 Å². The Hall–Kier alpha value is -0.160. The molecule has 1 aliphatic rings. The standard InChI is InChI=1S/C15H31NO3/c1-15(2)8-5-7-13(14(15)16-3)19-12-11-18-10-6-9-17-4/h13-14,16H,5-12H2,1-4H3. The second-order valence-corrected chi connectivity index (χ2v) is 6.02. The highest BCUT2D eigenvalue weighted by Gasteiger charge is 2.38. The summed E-state index contributed by atoms with van der Waals surface area (Å²) in [5.74, 6) is 0. The Morgan fingerprint density at radius 1 is 1.16 bits per heavy atom. The number of methoxy groups -OCH3 is 1. The van der Waals surface area contributed by atoms with Crippen molar-refractivity contribution in [1.82, 2.24) is 5.32 Å². The van der Waals surface area contributed by atoms with Gasteiger partial charge in [0.15, 0.2) is 0 Å². The maximum atomic E-state index is 6.01. The second kappa shape index (κ2) is 8.90. The summed E-state index contributed by atoms with van der Waals surface area (Å²) in [6.45, 7) is 7.53. The fourth-order valence-corrected chi connectivity index (χ4v) is 3.01. The summed E-state index contributed by atoms with van der Waals surface area (Å²) in [6, 6.07) is 0.440. The third kappa shape index (κ3) is 5.78. The summed E-state index contributed by atoms with van der Waals surface area (Å²) in [4.78, 5) is 0. The van der Waals surface area contributed by atoms with Gasteiger partial charge in [0.05, 0.1) is 19.3 Å². The molecule has 1 fully saturated rings. The number of hydrogen-bond donors (Lipinski definition) is 1. The molecule has 2 atom stereocenters. The number of likely N-dealkylation sites (N-methyl/N-ethyl adjacent to an activating group) is 1. The lowest BCUT2D eigenvalue weighted by atomic mass is 9.72. The Labute approximate surface area is 118 Å². The van der Waals surface area contributed by atoms with Gasteiger partial charge in [0.25, 0.3) is 0 Å². The van der Waals surface area contributed by atoms with Gasteiger partial charge in [-0.1, -0.05) is 20.3 Å². The van der Waals surface area contributed by atoms with Crippen LogP contribution < -0.4 is 5.32 Å². The second-order valence-electron chi connectivity index (χ2n) is 6.02. The van der Waals surface area contributed by atoms with Crippen LogP contribution in [0.4, 0.5) is 0 Å². The molecule has 114 valence electrons. The van der Waals surface area contributed by atoms with E-state index >= 15 is 0 Å². The van der Waals surface area contributed by atoms with Gasteiger partial charge in [0.2, 0.25) is 0 Å². The Morgan fingerprint density at radius 3 is 2.63 bits per heavy atom. The Bertz CT molecular complexity index is 233. The van der Waals surface area contributed by atoms with Crippen molar-refractivity contribution < 1.29 is 14.2 Å². The van der Waals surface area contributed by atoms with Gasteiger partial charge in [-0.15, -0.1) is 0 Å². The Kier molecular flexibility index (Phi) is 7.91. The van der Waals surface area contributed by atoms with Crippen molar-refractivity contribution in [3.05, 3.63) is 0 Å². The van der Waals surface area contributed by atoms with Gasteiger partial charge in [-0.2, -0.15) is 0 Å². The van der Waals surface area contributed by atoms with E-state index in [9.17, 15) is 0 Å². The molecule has 19 heavy (non-hydrogen) atoms. The van der Waals surface area contributed by atoms with Crippen molar-refractivity contribution in [3.8, 4) is 0 Å². The summed E-state index contributed by atoms with van der Waals surface area (Å²) < 4.78 is 16.5. The lowest BCUT2D eigenvalue weighted by molar-refractivity contribution is -0.0550. The van der Waals surface area contributed by atoms with Crippen LogP contribution in [0.25, 0.3) is 0 Å². The molecular weight excluding hydrogens is 242 g/mol. The quantitative estimate of drug-likeness (QED) is 0.654. The molecule has 0 aromatic heterocycles. The third-order valence-corrected chi connectivity index (χ3v) is 4.03. The average Bonchev–Trinajstić information content (AvgIpc) is 2.37. The monoisotopic (exact) mass is 273 g/mol. The first kappa shape index (κ1) is 16.9. The van der Waals surface area contributed by atoms with E-state index in [0.29, 0.717) is 30.8 Å². The fraction of sp³-hybridized carbons (Fsp3) is 1.00. The first-order valence-corrected chi connectivity index (χ1v) is 7.47.